The molecule has 0 saturated carbocycles. The largest absolute Gasteiger partial charge is 0.385 e. The van der Waals surface area contributed by atoms with Gasteiger partial charge in [0, 0.05) is 33.4 Å². The van der Waals surface area contributed by atoms with Crippen LogP contribution in [0.1, 0.15) is 32.1 Å². The second-order valence-corrected chi connectivity index (χ2v) is 6.91. The first kappa shape index (κ1) is 19.4. The Morgan fingerprint density at radius 1 is 1.19 bits per heavy atom. The summed E-state index contributed by atoms with van der Waals surface area (Å²) in [6, 6.07) is 7.45. The van der Waals surface area contributed by atoms with Gasteiger partial charge in [-0.25, -0.2) is 4.98 Å². The van der Waals surface area contributed by atoms with Gasteiger partial charge in [-0.15, -0.1) is 0 Å². The number of hydrogen-bond donors (Lipinski definition) is 1. The number of carbonyl (C=O) groups excluding carboxylic acids is 1. The predicted octanol–water partition coefficient (Wildman–Crippen LogP) is 2.25. The lowest BCUT2D eigenvalue weighted by atomic mass is 10.2. The summed E-state index contributed by atoms with van der Waals surface area (Å²) in [5.41, 5.74) is 1.14. The number of likely N-dealkylation sites (tertiary alicyclic amines) is 1. The van der Waals surface area contributed by atoms with Crippen LogP contribution < -0.4 is 10.9 Å². The number of amides is 1. The smallest absolute Gasteiger partial charge is 0.294 e. The fourth-order valence-corrected chi connectivity index (χ4v) is 3.44. The molecular weight excluding hydrogens is 344 g/mol. The molecule has 7 nitrogen and oxygen atoms in total. The third-order valence-electron chi connectivity index (χ3n) is 4.92. The molecule has 1 aliphatic rings. The number of para-hydroxylation sites is 2. The Hall–Kier alpha value is -2.41. The number of ether oxygens (including phenoxy) is 1. The zero-order chi connectivity index (χ0) is 19.1. The maximum atomic E-state index is 13.0. The number of aromatic nitrogens is 2. The van der Waals surface area contributed by atoms with Gasteiger partial charge in [0.25, 0.3) is 5.56 Å². The van der Waals surface area contributed by atoms with Crippen LogP contribution in [0, 0.1) is 0 Å². The van der Waals surface area contributed by atoms with Crippen molar-refractivity contribution in [3.05, 3.63) is 34.6 Å². The molecule has 7 heteroatoms. The molecule has 0 radical (unpaired) electrons. The normalized spacial score (nSPS) is 14.9. The lowest BCUT2D eigenvalue weighted by Crippen LogP contribution is -2.38. The van der Waals surface area contributed by atoms with Crippen molar-refractivity contribution in [3.8, 4) is 0 Å². The first-order valence-electron chi connectivity index (χ1n) is 9.71. The summed E-state index contributed by atoms with van der Waals surface area (Å²) in [4.78, 5) is 32.2. The van der Waals surface area contributed by atoms with E-state index in [9.17, 15) is 9.59 Å². The minimum absolute atomic E-state index is 0.000635. The van der Waals surface area contributed by atoms with Crippen LogP contribution in [0.3, 0.4) is 0 Å². The van der Waals surface area contributed by atoms with Crippen molar-refractivity contribution in [1.29, 1.82) is 0 Å². The fourth-order valence-electron chi connectivity index (χ4n) is 3.44. The monoisotopic (exact) mass is 372 g/mol. The van der Waals surface area contributed by atoms with E-state index < -0.39 is 0 Å². The Kier molecular flexibility index (Phi) is 6.81. The fraction of sp³-hybridized carbons (Fsp3) is 0.550. The lowest BCUT2D eigenvalue weighted by molar-refractivity contribution is -0.131. The zero-order valence-corrected chi connectivity index (χ0v) is 15.9. The first-order valence-corrected chi connectivity index (χ1v) is 9.71. The minimum Gasteiger partial charge on any atom is -0.385 e. The number of rotatable bonds is 7. The van der Waals surface area contributed by atoms with E-state index in [1.165, 1.54) is 0 Å². The summed E-state index contributed by atoms with van der Waals surface area (Å²) in [6.07, 6.45) is 5.17. The molecule has 0 spiro atoms. The minimum atomic E-state index is -0.255. The number of hydrogen-bond acceptors (Lipinski definition) is 5. The van der Waals surface area contributed by atoms with Crippen molar-refractivity contribution >= 4 is 22.8 Å². The maximum absolute atomic E-state index is 13.0. The van der Waals surface area contributed by atoms with E-state index in [1.54, 1.807) is 11.7 Å². The molecule has 1 saturated heterocycles. The second kappa shape index (κ2) is 9.50. The van der Waals surface area contributed by atoms with E-state index in [2.05, 4.69) is 10.3 Å². The quantitative estimate of drug-likeness (QED) is 0.755. The predicted molar refractivity (Wildman–Crippen MR) is 106 cm³/mol. The number of anilines is 1. The average molecular weight is 372 g/mol. The van der Waals surface area contributed by atoms with Crippen LogP contribution in [0.4, 0.5) is 5.82 Å². The highest BCUT2D eigenvalue weighted by Gasteiger charge is 2.19. The Balaban J connectivity index is 1.86. The summed E-state index contributed by atoms with van der Waals surface area (Å²) in [5.74, 6) is 0.286. The zero-order valence-electron chi connectivity index (χ0n) is 15.9. The molecule has 0 atom stereocenters. The van der Waals surface area contributed by atoms with E-state index in [4.69, 9.17) is 4.74 Å². The molecule has 0 unspecified atom stereocenters. The highest BCUT2D eigenvalue weighted by molar-refractivity contribution is 5.81. The number of methoxy groups -OCH3 is 1. The van der Waals surface area contributed by atoms with Crippen molar-refractivity contribution < 1.29 is 9.53 Å². The van der Waals surface area contributed by atoms with Crippen molar-refractivity contribution in [2.24, 2.45) is 0 Å². The molecule has 0 aliphatic carbocycles. The molecule has 27 heavy (non-hydrogen) atoms. The Labute approximate surface area is 159 Å². The Morgan fingerprint density at radius 2 is 1.93 bits per heavy atom. The summed E-state index contributed by atoms with van der Waals surface area (Å²) in [7, 11) is 1.65. The van der Waals surface area contributed by atoms with Crippen molar-refractivity contribution in [1.82, 2.24) is 14.5 Å². The van der Waals surface area contributed by atoms with Gasteiger partial charge in [0.15, 0.2) is 5.82 Å². The van der Waals surface area contributed by atoms with E-state index in [-0.39, 0.29) is 23.8 Å². The van der Waals surface area contributed by atoms with Gasteiger partial charge in [0.2, 0.25) is 5.91 Å². The molecule has 2 aromatic rings. The van der Waals surface area contributed by atoms with E-state index in [0.717, 1.165) is 45.2 Å². The van der Waals surface area contributed by atoms with Gasteiger partial charge in [0.1, 0.15) is 6.54 Å². The molecule has 1 aromatic heterocycles. The molecule has 3 rings (SSSR count). The molecule has 1 aliphatic heterocycles. The van der Waals surface area contributed by atoms with Crippen LogP contribution in [0.5, 0.6) is 0 Å². The molecule has 1 fully saturated rings. The number of carbonyl (C=O) groups is 1. The van der Waals surface area contributed by atoms with Crippen LogP contribution in [0.25, 0.3) is 11.0 Å². The molecule has 1 N–H and O–H groups in total. The van der Waals surface area contributed by atoms with Gasteiger partial charge in [-0.2, -0.15) is 0 Å². The Bertz CT molecular complexity index is 826. The average Bonchev–Trinajstić information content (AvgIpc) is 2.97. The summed E-state index contributed by atoms with van der Waals surface area (Å²) >= 11 is 0. The van der Waals surface area contributed by atoms with Crippen LogP contribution in [0.2, 0.25) is 0 Å². The second-order valence-electron chi connectivity index (χ2n) is 6.91. The van der Waals surface area contributed by atoms with E-state index in [0.29, 0.717) is 24.2 Å². The van der Waals surface area contributed by atoms with Crippen LogP contribution in [-0.2, 0) is 16.1 Å². The van der Waals surface area contributed by atoms with Gasteiger partial charge in [-0.05, 0) is 31.4 Å². The van der Waals surface area contributed by atoms with Crippen LogP contribution in [-0.4, -0.2) is 53.7 Å². The van der Waals surface area contributed by atoms with E-state index >= 15 is 0 Å². The number of nitrogens with one attached hydrogen (secondary N) is 1. The van der Waals surface area contributed by atoms with Gasteiger partial charge in [-0.3, -0.25) is 14.2 Å². The topological polar surface area (TPSA) is 76.5 Å². The molecule has 0 bridgehead atoms. The van der Waals surface area contributed by atoms with Gasteiger partial charge < -0.3 is 15.0 Å². The molecule has 1 aromatic carbocycles. The van der Waals surface area contributed by atoms with Gasteiger partial charge >= 0.3 is 0 Å². The lowest BCUT2D eigenvalue weighted by Gasteiger charge is -2.21. The number of fused-ring (bicyclic) bond motifs is 1. The van der Waals surface area contributed by atoms with Crippen LogP contribution >= 0.6 is 0 Å². The van der Waals surface area contributed by atoms with Crippen molar-refractivity contribution in [3.63, 3.8) is 0 Å². The maximum Gasteiger partial charge on any atom is 0.294 e. The number of nitrogens with zero attached hydrogens (tertiary/aromatic N) is 3. The summed E-state index contributed by atoms with van der Waals surface area (Å²) < 4.78 is 6.59. The SMILES string of the molecule is COCCCNc1nc2ccccc2n(CC(=O)N2CCCCCC2)c1=O. The van der Waals surface area contributed by atoms with Crippen molar-refractivity contribution in [2.75, 3.05) is 38.7 Å². The summed E-state index contributed by atoms with van der Waals surface area (Å²) in [6.45, 7) is 2.81. The Morgan fingerprint density at radius 3 is 2.67 bits per heavy atom. The highest BCUT2D eigenvalue weighted by Crippen LogP contribution is 2.14. The molecule has 146 valence electrons. The first-order chi connectivity index (χ1) is 13.2. The highest BCUT2D eigenvalue weighted by atomic mass is 16.5. The van der Waals surface area contributed by atoms with Crippen LogP contribution in [0.15, 0.2) is 29.1 Å². The molecule has 1 amide bonds. The van der Waals surface area contributed by atoms with Gasteiger partial charge in [-0.1, -0.05) is 25.0 Å². The standard InChI is InChI=1S/C20H28N4O3/c1-27-14-8-11-21-19-20(26)24(17-10-5-4-9-16(17)22-19)15-18(25)23-12-6-2-3-7-13-23/h4-5,9-10H,2-3,6-8,11-15H2,1H3,(H,21,22). The number of benzene rings is 1. The third kappa shape index (κ3) is 4.86. The third-order valence-corrected chi connectivity index (χ3v) is 4.92. The van der Waals surface area contributed by atoms with Crippen molar-refractivity contribution in [2.45, 2.75) is 38.6 Å². The summed E-state index contributed by atoms with van der Waals surface area (Å²) in [5, 5.41) is 3.09. The molecular formula is C20H28N4O3. The molecule has 2 heterocycles. The van der Waals surface area contributed by atoms with Gasteiger partial charge in [0.05, 0.1) is 11.0 Å². The van der Waals surface area contributed by atoms with E-state index in [1.807, 2.05) is 29.2 Å².